The van der Waals surface area contributed by atoms with E-state index in [1.54, 1.807) is 0 Å². The van der Waals surface area contributed by atoms with Gasteiger partial charge < -0.3 is 10.6 Å². The van der Waals surface area contributed by atoms with Crippen LogP contribution < -0.4 is 10.6 Å². The topological polar surface area (TPSA) is 41.1 Å². The molecule has 0 aromatic heterocycles. The summed E-state index contributed by atoms with van der Waals surface area (Å²) in [4.78, 5) is 12.2. The molecule has 3 heteroatoms. The normalized spacial score (nSPS) is 24.9. The van der Waals surface area contributed by atoms with Gasteiger partial charge in [-0.3, -0.25) is 4.79 Å². The summed E-state index contributed by atoms with van der Waals surface area (Å²) in [7, 11) is 0. The fourth-order valence-electron chi connectivity index (χ4n) is 2.63. The van der Waals surface area contributed by atoms with Crippen LogP contribution in [0.3, 0.4) is 0 Å². The Balaban J connectivity index is 2.44. The van der Waals surface area contributed by atoms with Gasteiger partial charge in [-0.1, -0.05) is 33.6 Å². The first-order valence-electron chi connectivity index (χ1n) is 7.20. The second-order valence-corrected chi connectivity index (χ2v) is 5.36. The number of carbonyl (C=O) groups is 1. The van der Waals surface area contributed by atoms with Crippen molar-refractivity contribution in [1.29, 1.82) is 0 Å². The fraction of sp³-hybridized carbons (Fsp3) is 0.929. The molecule has 1 fully saturated rings. The van der Waals surface area contributed by atoms with Crippen molar-refractivity contribution >= 4 is 5.91 Å². The number of carbonyl (C=O) groups excluding carboxylic acids is 1. The molecule has 3 nitrogen and oxygen atoms in total. The van der Waals surface area contributed by atoms with Crippen molar-refractivity contribution in [2.75, 3.05) is 13.1 Å². The average Bonchev–Trinajstić information content (AvgIpc) is 2.32. The van der Waals surface area contributed by atoms with Crippen molar-refractivity contribution in [3.8, 4) is 0 Å². The second kappa shape index (κ2) is 7.70. The Kier molecular flexibility index (Phi) is 6.56. The molecule has 17 heavy (non-hydrogen) atoms. The minimum Gasteiger partial charge on any atom is -0.353 e. The highest BCUT2D eigenvalue weighted by Crippen LogP contribution is 2.16. The molecule has 0 spiro atoms. The van der Waals surface area contributed by atoms with Gasteiger partial charge in [0.25, 0.3) is 0 Å². The van der Waals surface area contributed by atoms with Crippen molar-refractivity contribution in [2.24, 2.45) is 11.8 Å². The molecule has 1 aliphatic heterocycles. The lowest BCUT2D eigenvalue weighted by Crippen LogP contribution is -2.49. The van der Waals surface area contributed by atoms with Crippen molar-refractivity contribution in [2.45, 2.75) is 58.9 Å². The molecule has 1 heterocycles. The summed E-state index contributed by atoms with van der Waals surface area (Å²) in [5.74, 6) is 1.07. The Labute approximate surface area is 106 Å². The van der Waals surface area contributed by atoms with E-state index in [9.17, 15) is 4.79 Å². The molecular formula is C14H28N2O. The smallest absolute Gasteiger partial charge is 0.223 e. The summed E-state index contributed by atoms with van der Waals surface area (Å²) in [5, 5.41) is 6.63. The van der Waals surface area contributed by atoms with Gasteiger partial charge in [0.15, 0.2) is 0 Å². The number of piperidine rings is 1. The molecule has 100 valence electrons. The Hall–Kier alpha value is -0.570. The summed E-state index contributed by atoms with van der Waals surface area (Å²) >= 11 is 0. The largest absolute Gasteiger partial charge is 0.353 e. The van der Waals surface area contributed by atoms with Crippen LogP contribution in [0.15, 0.2) is 0 Å². The third-order valence-corrected chi connectivity index (χ3v) is 3.76. The summed E-state index contributed by atoms with van der Waals surface area (Å²) in [6.07, 6.45) is 5.32. The third-order valence-electron chi connectivity index (χ3n) is 3.76. The van der Waals surface area contributed by atoms with Gasteiger partial charge in [-0.15, -0.1) is 0 Å². The molecule has 0 aromatic carbocycles. The zero-order valence-electron chi connectivity index (χ0n) is 11.6. The molecule has 0 aliphatic carbocycles. The van der Waals surface area contributed by atoms with E-state index < -0.39 is 0 Å². The Bertz CT molecular complexity index is 224. The highest BCUT2D eigenvalue weighted by atomic mass is 16.1. The maximum absolute atomic E-state index is 12.2. The van der Waals surface area contributed by atoms with E-state index in [1.165, 1.54) is 0 Å². The quantitative estimate of drug-likeness (QED) is 0.748. The first-order valence-corrected chi connectivity index (χ1v) is 7.20. The number of rotatable bonds is 6. The van der Waals surface area contributed by atoms with Crippen LogP contribution in [0.25, 0.3) is 0 Å². The van der Waals surface area contributed by atoms with Crippen LogP contribution in [0, 0.1) is 11.8 Å². The molecule has 2 atom stereocenters. The molecule has 1 aliphatic rings. The molecular weight excluding hydrogens is 212 g/mol. The number of hydrogen-bond donors (Lipinski definition) is 2. The van der Waals surface area contributed by atoms with Crippen LogP contribution in [0.4, 0.5) is 0 Å². The van der Waals surface area contributed by atoms with Gasteiger partial charge in [-0.05, 0) is 38.3 Å². The number of hydrogen-bond acceptors (Lipinski definition) is 2. The minimum absolute atomic E-state index is 0.229. The van der Waals surface area contributed by atoms with E-state index in [4.69, 9.17) is 0 Å². The lowest BCUT2D eigenvalue weighted by Gasteiger charge is -2.31. The van der Waals surface area contributed by atoms with E-state index in [0.29, 0.717) is 12.0 Å². The van der Waals surface area contributed by atoms with Gasteiger partial charge in [0, 0.05) is 12.0 Å². The highest BCUT2D eigenvalue weighted by Gasteiger charge is 2.25. The predicted octanol–water partition coefficient (Wildman–Crippen LogP) is 2.32. The van der Waals surface area contributed by atoms with Crippen LogP contribution in [-0.2, 0) is 4.79 Å². The lowest BCUT2D eigenvalue weighted by molar-refractivity contribution is -0.126. The van der Waals surface area contributed by atoms with Gasteiger partial charge >= 0.3 is 0 Å². The SMILES string of the molecule is CCCC(CCC)C(=O)NC1CCNCC1C. The van der Waals surface area contributed by atoms with E-state index in [2.05, 4.69) is 31.4 Å². The molecule has 0 aromatic rings. The van der Waals surface area contributed by atoms with Crippen LogP contribution in [0.1, 0.15) is 52.9 Å². The van der Waals surface area contributed by atoms with E-state index in [1.807, 2.05) is 0 Å². The van der Waals surface area contributed by atoms with Gasteiger partial charge in [-0.2, -0.15) is 0 Å². The predicted molar refractivity (Wildman–Crippen MR) is 71.9 cm³/mol. The third kappa shape index (κ3) is 4.66. The maximum Gasteiger partial charge on any atom is 0.223 e. The summed E-state index contributed by atoms with van der Waals surface area (Å²) in [6, 6.07) is 0.375. The zero-order chi connectivity index (χ0) is 12.7. The van der Waals surface area contributed by atoms with Crippen LogP contribution >= 0.6 is 0 Å². The first-order chi connectivity index (χ1) is 8.19. The Morgan fingerprint density at radius 2 is 2.00 bits per heavy atom. The summed E-state index contributed by atoms with van der Waals surface area (Å²) < 4.78 is 0. The standard InChI is InChI=1S/C14H28N2O/c1-4-6-12(7-5-2)14(17)16-13-8-9-15-10-11(13)3/h11-13,15H,4-10H2,1-3H3,(H,16,17). The van der Waals surface area contributed by atoms with Crippen LogP contribution in [0.5, 0.6) is 0 Å². The first kappa shape index (κ1) is 14.5. The molecule has 0 radical (unpaired) electrons. The second-order valence-electron chi connectivity index (χ2n) is 5.36. The zero-order valence-corrected chi connectivity index (χ0v) is 11.6. The monoisotopic (exact) mass is 240 g/mol. The van der Waals surface area contributed by atoms with Crippen molar-refractivity contribution in [3.63, 3.8) is 0 Å². The van der Waals surface area contributed by atoms with Gasteiger partial charge in [0.1, 0.15) is 0 Å². The van der Waals surface area contributed by atoms with E-state index in [-0.39, 0.29) is 11.8 Å². The van der Waals surface area contributed by atoms with Gasteiger partial charge in [0.05, 0.1) is 0 Å². The van der Waals surface area contributed by atoms with Crippen molar-refractivity contribution in [1.82, 2.24) is 10.6 Å². The molecule has 0 saturated carbocycles. The Morgan fingerprint density at radius 1 is 1.35 bits per heavy atom. The molecule has 1 amide bonds. The fourth-order valence-corrected chi connectivity index (χ4v) is 2.63. The van der Waals surface area contributed by atoms with Crippen molar-refractivity contribution in [3.05, 3.63) is 0 Å². The molecule has 1 saturated heterocycles. The number of amides is 1. The van der Waals surface area contributed by atoms with Gasteiger partial charge in [-0.25, -0.2) is 0 Å². The van der Waals surface area contributed by atoms with Crippen LogP contribution in [0.2, 0.25) is 0 Å². The number of nitrogens with one attached hydrogen (secondary N) is 2. The molecule has 1 rings (SSSR count). The summed E-state index contributed by atoms with van der Waals surface area (Å²) in [6.45, 7) is 8.58. The molecule has 2 unspecified atom stereocenters. The van der Waals surface area contributed by atoms with E-state index >= 15 is 0 Å². The minimum atomic E-state index is 0.229. The van der Waals surface area contributed by atoms with Gasteiger partial charge in [0.2, 0.25) is 5.91 Å². The Morgan fingerprint density at radius 3 is 2.53 bits per heavy atom. The van der Waals surface area contributed by atoms with E-state index in [0.717, 1.165) is 45.2 Å². The summed E-state index contributed by atoms with van der Waals surface area (Å²) in [5.41, 5.74) is 0. The molecule has 2 N–H and O–H groups in total. The lowest BCUT2D eigenvalue weighted by atomic mass is 9.92. The van der Waals surface area contributed by atoms with Crippen LogP contribution in [-0.4, -0.2) is 25.0 Å². The average molecular weight is 240 g/mol. The van der Waals surface area contributed by atoms with Crippen molar-refractivity contribution < 1.29 is 4.79 Å². The maximum atomic E-state index is 12.2. The molecule has 0 bridgehead atoms. The highest BCUT2D eigenvalue weighted by molar-refractivity contribution is 5.78.